The highest BCUT2D eigenvalue weighted by atomic mass is 16.5. The molecular formula is C45H57N7O7. The number of hydrogen-bond acceptors (Lipinski definition) is 11. The number of methoxy groups -OCH3 is 1. The number of phenols is 1. The van der Waals surface area contributed by atoms with Crippen LogP contribution in [0.3, 0.4) is 0 Å². The number of aliphatic imine (C=N–C) groups is 1. The molecule has 2 aromatic carbocycles. The summed E-state index contributed by atoms with van der Waals surface area (Å²) in [6, 6.07) is 12.3. The van der Waals surface area contributed by atoms with Gasteiger partial charge in [-0.15, -0.1) is 0 Å². The maximum Gasteiger partial charge on any atom is 0.324 e. The molecule has 14 nitrogen and oxygen atoms in total. The van der Waals surface area contributed by atoms with Crippen molar-refractivity contribution in [2.45, 2.75) is 85.5 Å². The molecule has 1 fully saturated rings. The largest absolute Gasteiger partial charge is 0.508 e. The molecule has 5 heterocycles. The number of carbonyl (C=O) groups excluding carboxylic acids is 3. The molecule has 3 aliphatic heterocycles. The van der Waals surface area contributed by atoms with Gasteiger partial charge >= 0.3 is 5.97 Å². The van der Waals surface area contributed by atoms with Gasteiger partial charge < -0.3 is 34.5 Å². The number of amidine groups is 1. The zero-order valence-electron chi connectivity index (χ0n) is 35.0. The van der Waals surface area contributed by atoms with Gasteiger partial charge in [0, 0.05) is 67.4 Å². The highest BCUT2D eigenvalue weighted by molar-refractivity contribution is 5.95. The van der Waals surface area contributed by atoms with Crippen molar-refractivity contribution in [2.75, 3.05) is 40.0 Å². The molecule has 3 atom stereocenters. The Morgan fingerprint density at radius 2 is 1.95 bits per heavy atom. The Kier molecular flexibility index (Phi) is 12.6. The molecule has 7 rings (SSSR count). The molecule has 0 spiro atoms. The summed E-state index contributed by atoms with van der Waals surface area (Å²) in [4.78, 5) is 51.2. The molecule has 59 heavy (non-hydrogen) atoms. The van der Waals surface area contributed by atoms with E-state index in [0.717, 1.165) is 44.4 Å². The van der Waals surface area contributed by atoms with Crippen LogP contribution in [0.25, 0.3) is 33.3 Å². The molecule has 0 unspecified atom stereocenters. The minimum atomic E-state index is -1.02. The number of amides is 2. The molecule has 1 saturated heterocycles. The molecule has 2 aromatic heterocycles. The first kappa shape index (κ1) is 41.7. The van der Waals surface area contributed by atoms with Crippen LogP contribution >= 0.6 is 0 Å². The number of aromatic nitrogens is 2. The van der Waals surface area contributed by atoms with Crippen LogP contribution in [-0.2, 0) is 54.6 Å². The molecule has 6 bridgehead atoms. The van der Waals surface area contributed by atoms with Gasteiger partial charge in [-0.05, 0) is 90.3 Å². The van der Waals surface area contributed by atoms with Crippen molar-refractivity contribution >= 4 is 34.7 Å². The summed E-state index contributed by atoms with van der Waals surface area (Å²) in [7, 11) is 1.68. The summed E-state index contributed by atoms with van der Waals surface area (Å²) in [5.41, 5.74) is 10.1. The quantitative estimate of drug-likeness (QED) is 0.166. The summed E-state index contributed by atoms with van der Waals surface area (Å²) in [6.07, 6.45) is 5.39. The SMILES string of the molecule is CCn1c(-c2cnccc2COC)c2c3cc(ccc31)-c1cc(O)cc(c1)C[C@H](NC(=O)[C@@H](CNC1=NCCO1)C(C)C)C(=O)N1CCC[C@H](N1)C(=O)OCC(C)(C)C2. The van der Waals surface area contributed by atoms with Crippen molar-refractivity contribution in [3.05, 3.63) is 71.5 Å². The van der Waals surface area contributed by atoms with E-state index in [4.69, 9.17) is 14.2 Å². The van der Waals surface area contributed by atoms with E-state index in [0.29, 0.717) is 63.7 Å². The number of esters is 1. The second kappa shape index (κ2) is 17.8. The lowest BCUT2D eigenvalue weighted by molar-refractivity contribution is -0.155. The molecule has 4 N–H and O–H groups in total. The van der Waals surface area contributed by atoms with Crippen LogP contribution in [-0.4, -0.2) is 95.5 Å². The van der Waals surface area contributed by atoms with E-state index >= 15 is 0 Å². The number of nitrogens with one attached hydrogen (secondary N) is 3. The van der Waals surface area contributed by atoms with Crippen LogP contribution in [0.5, 0.6) is 5.75 Å². The topological polar surface area (TPSA) is 169 Å². The van der Waals surface area contributed by atoms with E-state index in [9.17, 15) is 19.5 Å². The molecule has 314 valence electrons. The van der Waals surface area contributed by atoms with Crippen molar-refractivity contribution in [3.8, 4) is 28.1 Å². The number of benzene rings is 2. The Hall–Kier alpha value is -5.47. The van der Waals surface area contributed by atoms with E-state index in [1.807, 2.05) is 38.2 Å². The van der Waals surface area contributed by atoms with Gasteiger partial charge in [-0.25, -0.2) is 10.4 Å². The van der Waals surface area contributed by atoms with E-state index in [2.05, 4.69) is 63.5 Å². The predicted molar refractivity (Wildman–Crippen MR) is 225 cm³/mol. The minimum Gasteiger partial charge on any atom is -0.508 e. The highest BCUT2D eigenvalue weighted by Crippen LogP contribution is 2.41. The maximum absolute atomic E-state index is 14.5. The average molecular weight is 808 g/mol. The number of ether oxygens (including phenoxy) is 3. The lowest BCUT2D eigenvalue weighted by Gasteiger charge is -2.36. The Bertz CT molecular complexity index is 2230. The minimum absolute atomic E-state index is 0.0396. The summed E-state index contributed by atoms with van der Waals surface area (Å²) >= 11 is 0. The van der Waals surface area contributed by atoms with Crippen molar-refractivity contribution in [2.24, 2.45) is 22.2 Å². The van der Waals surface area contributed by atoms with Crippen LogP contribution in [0.15, 0.2) is 59.9 Å². The van der Waals surface area contributed by atoms with Crippen molar-refractivity contribution in [3.63, 3.8) is 0 Å². The number of phenolic OH excluding ortho intramolecular Hbond substituents is 1. The van der Waals surface area contributed by atoms with Gasteiger partial charge in [0.15, 0.2) is 0 Å². The third kappa shape index (κ3) is 9.23. The normalized spacial score (nSPS) is 20.1. The fourth-order valence-electron chi connectivity index (χ4n) is 8.48. The number of nitrogens with zero attached hydrogens (tertiary/aromatic N) is 4. The van der Waals surface area contributed by atoms with Gasteiger partial charge in [0.1, 0.15) is 24.4 Å². The van der Waals surface area contributed by atoms with Gasteiger partial charge in [0.25, 0.3) is 11.9 Å². The molecule has 0 aliphatic carbocycles. The first-order valence-electron chi connectivity index (χ1n) is 20.7. The number of rotatable bonds is 9. The molecule has 0 saturated carbocycles. The second-order valence-corrected chi connectivity index (χ2v) is 17.0. The monoisotopic (exact) mass is 807 g/mol. The van der Waals surface area contributed by atoms with E-state index in [1.54, 1.807) is 25.4 Å². The van der Waals surface area contributed by atoms with E-state index in [1.165, 1.54) is 5.01 Å². The zero-order chi connectivity index (χ0) is 41.8. The number of aromatic hydroxyl groups is 1. The van der Waals surface area contributed by atoms with Crippen molar-refractivity contribution in [1.29, 1.82) is 0 Å². The van der Waals surface area contributed by atoms with Crippen LogP contribution in [0, 0.1) is 17.3 Å². The Morgan fingerprint density at radius 1 is 1.12 bits per heavy atom. The van der Waals surface area contributed by atoms with Crippen LogP contribution in [0.2, 0.25) is 0 Å². The van der Waals surface area contributed by atoms with Gasteiger partial charge in [-0.2, -0.15) is 0 Å². The first-order valence-corrected chi connectivity index (χ1v) is 20.7. The number of fused-ring (bicyclic) bond motifs is 6. The lowest BCUT2D eigenvalue weighted by atomic mass is 9.84. The zero-order valence-corrected chi connectivity index (χ0v) is 35.0. The molecule has 4 aromatic rings. The number of hydrogen-bond donors (Lipinski definition) is 4. The summed E-state index contributed by atoms with van der Waals surface area (Å²) in [5, 5.41) is 19.9. The number of carbonyl (C=O) groups is 3. The molecule has 2 amide bonds. The van der Waals surface area contributed by atoms with Gasteiger partial charge in [-0.1, -0.05) is 39.8 Å². The van der Waals surface area contributed by atoms with Crippen molar-refractivity contribution < 1.29 is 33.7 Å². The van der Waals surface area contributed by atoms with Crippen molar-refractivity contribution in [1.82, 2.24) is 30.6 Å². The smallest absolute Gasteiger partial charge is 0.324 e. The number of aryl methyl sites for hydroxylation is 1. The third-order valence-electron chi connectivity index (χ3n) is 11.5. The fraction of sp³-hybridized carbons (Fsp3) is 0.489. The number of cyclic esters (lactones) is 1. The Labute approximate surface area is 345 Å². The average Bonchev–Trinajstić information content (AvgIpc) is 3.84. The predicted octanol–water partition coefficient (Wildman–Crippen LogP) is 5.14. The van der Waals surface area contributed by atoms with Gasteiger partial charge in [0.2, 0.25) is 5.91 Å². The number of hydrazine groups is 1. The van der Waals surface area contributed by atoms with Crippen LogP contribution in [0.4, 0.5) is 0 Å². The first-order chi connectivity index (χ1) is 28.3. The van der Waals surface area contributed by atoms with Gasteiger partial charge in [-0.3, -0.25) is 24.4 Å². The van der Waals surface area contributed by atoms with Crippen LogP contribution in [0.1, 0.15) is 64.2 Å². The van der Waals surface area contributed by atoms with Gasteiger partial charge in [0.05, 0.1) is 31.4 Å². The molecule has 3 aliphatic rings. The highest BCUT2D eigenvalue weighted by Gasteiger charge is 2.36. The molecular weight excluding hydrogens is 751 g/mol. The summed E-state index contributed by atoms with van der Waals surface area (Å²) in [5.74, 6) is -1.68. The van der Waals surface area contributed by atoms with E-state index in [-0.39, 0.29) is 43.1 Å². The Morgan fingerprint density at radius 3 is 2.69 bits per heavy atom. The van der Waals surface area contributed by atoms with Crippen LogP contribution < -0.4 is 16.1 Å². The lowest BCUT2D eigenvalue weighted by Crippen LogP contribution is -2.61. The fourth-order valence-corrected chi connectivity index (χ4v) is 8.48. The summed E-state index contributed by atoms with van der Waals surface area (Å²) in [6.45, 7) is 13.1. The second-order valence-electron chi connectivity index (χ2n) is 17.0. The summed E-state index contributed by atoms with van der Waals surface area (Å²) < 4.78 is 19.5. The molecule has 0 radical (unpaired) electrons. The van der Waals surface area contributed by atoms with E-state index < -0.39 is 29.4 Å². The standard InChI is InChI=1S/C45H57N7O7/c1-7-51-39-11-10-29-21-33(39)34(40(51)36-23-46-13-12-30(36)25-57-6)22-45(4,5)26-59-43(56)37-9-8-15-52(50-37)42(55)38(19-28-17-31(29)20-32(53)18-28)49-41(54)35(27(2)3)24-48-44-47-14-16-58-44/h10-13,17-18,20-21,23,27,35,37-38,50,53H,7-9,14-16,19,22,24-26H2,1-6H3,(H,47,48)(H,49,54)/t35-,37-,38-/m0/s1. The number of pyridine rings is 1. The molecule has 14 heteroatoms. The maximum atomic E-state index is 14.5. The third-order valence-corrected chi connectivity index (χ3v) is 11.5. The Balaban J connectivity index is 1.33.